The summed E-state index contributed by atoms with van der Waals surface area (Å²) in [6.07, 6.45) is -3.67. The van der Waals surface area contributed by atoms with Gasteiger partial charge in [-0.2, -0.15) is 13.2 Å². The minimum atomic E-state index is -4.46. The average Bonchev–Trinajstić information content (AvgIpc) is 2.68. The maximum Gasteiger partial charge on any atom is 0.417 e. The van der Waals surface area contributed by atoms with Crippen molar-refractivity contribution >= 4 is 22.9 Å². The van der Waals surface area contributed by atoms with Crippen LogP contribution in [0.2, 0.25) is 5.02 Å². The summed E-state index contributed by atoms with van der Waals surface area (Å²) < 4.78 is 38.9. The number of aryl methyl sites for hydroxylation is 1. The van der Waals surface area contributed by atoms with Crippen molar-refractivity contribution in [1.82, 2.24) is 4.98 Å². The van der Waals surface area contributed by atoms with Crippen LogP contribution in [0.3, 0.4) is 0 Å². The fourth-order valence-corrected chi connectivity index (χ4v) is 3.49. The molecular formula is C15H15ClF3NS. The first kappa shape index (κ1) is 16.3. The van der Waals surface area contributed by atoms with Crippen LogP contribution in [0.1, 0.15) is 29.3 Å². The molecule has 21 heavy (non-hydrogen) atoms. The van der Waals surface area contributed by atoms with Crippen molar-refractivity contribution in [2.24, 2.45) is 5.92 Å². The first-order valence-corrected chi connectivity index (χ1v) is 7.71. The Balaban J connectivity index is 2.52. The predicted molar refractivity (Wildman–Crippen MR) is 80.8 cm³/mol. The molecule has 0 bridgehead atoms. The zero-order chi connectivity index (χ0) is 15.8. The molecule has 2 aromatic rings. The van der Waals surface area contributed by atoms with Gasteiger partial charge in [0.1, 0.15) is 0 Å². The third-order valence-electron chi connectivity index (χ3n) is 2.94. The lowest BCUT2D eigenvalue weighted by Gasteiger charge is -2.11. The normalized spacial score (nSPS) is 12.2. The number of alkyl halides is 3. The number of rotatable bonds is 3. The van der Waals surface area contributed by atoms with Crippen molar-refractivity contribution in [3.8, 4) is 11.3 Å². The van der Waals surface area contributed by atoms with Crippen LogP contribution in [0.4, 0.5) is 13.2 Å². The van der Waals surface area contributed by atoms with Crippen LogP contribution >= 0.6 is 22.9 Å². The standard InChI is InChI=1S/C15H15ClF3NS/c1-8(2)6-13-14(20-9(3)21-13)10-4-5-12(16)11(7-10)15(17,18)19/h4-5,7-8H,6H2,1-3H3. The molecule has 1 heterocycles. The smallest absolute Gasteiger partial charge is 0.241 e. The predicted octanol–water partition coefficient (Wildman–Crippen LogP) is 5.99. The van der Waals surface area contributed by atoms with Crippen molar-refractivity contribution in [1.29, 1.82) is 0 Å². The van der Waals surface area contributed by atoms with Gasteiger partial charge in [-0.3, -0.25) is 0 Å². The monoisotopic (exact) mass is 333 g/mol. The van der Waals surface area contributed by atoms with Crippen LogP contribution in [0.5, 0.6) is 0 Å². The lowest BCUT2D eigenvalue weighted by Crippen LogP contribution is -2.06. The number of benzene rings is 1. The number of nitrogens with zero attached hydrogens (tertiary/aromatic N) is 1. The van der Waals surface area contributed by atoms with Crippen LogP contribution in [-0.2, 0) is 12.6 Å². The number of halogens is 4. The second kappa shape index (κ2) is 5.97. The van der Waals surface area contributed by atoms with Crippen molar-refractivity contribution in [3.05, 3.63) is 38.7 Å². The van der Waals surface area contributed by atoms with Crippen molar-refractivity contribution in [2.75, 3.05) is 0 Å². The average molecular weight is 334 g/mol. The SMILES string of the molecule is Cc1nc(-c2ccc(Cl)c(C(F)(F)F)c2)c(CC(C)C)s1. The van der Waals surface area contributed by atoms with E-state index in [0.717, 1.165) is 22.4 Å². The summed E-state index contributed by atoms with van der Waals surface area (Å²) in [5, 5.41) is 0.563. The molecule has 0 spiro atoms. The van der Waals surface area contributed by atoms with Crippen LogP contribution < -0.4 is 0 Å². The molecule has 0 N–H and O–H groups in total. The number of aromatic nitrogens is 1. The summed E-state index contributed by atoms with van der Waals surface area (Å²) in [6.45, 7) is 6.00. The molecule has 1 aromatic carbocycles. The van der Waals surface area contributed by atoms with E-state index in [0.29, 0.717) is 17.2 Å². The van der Waals surface area contributed by atoms with Crippen molar-refractivity contribution in [2.45, 2.75) is 33.4 Å². The highest BCUT2D eigenvalue weighted by Gasteiger charge is 2.33. The van der Waals surface area contributed by atoms with Gasteiger partial charge in [0.25, 0.3) is 0 Å². The van der Waals surface area contributed by atoms with Gasteiger partial charge in [-0.1, -0.05) is 31.5 Å². The highest BCUT2D eigenvalue weighted by atomic mass is 35.5. The van der Waals surface area contributed by atoms with E-state index in [9.17, 15) is 13.2 Å². The summed E-state index contributed by atoms with van der Waals surface area (Å²) in [6, 6.07) is 3.96. The maximum atomic E-state index is 13.0. The second-order valence-corrected chi connectivity index (χ2v) is 6.99. The van der Waals surface area contributed by atoms with E-state index in [4.69, 9.17) is 11.6 Å². The minimum absolute atomic E-state index is 0.288. The lowest BCUT2D eigenvalue weighted by atomic mass is 10.0. The van der Waals surface area contributed by atoms with E-state index in [1.54, 1.807) is 6.07 Å². The topological polar surface area (TPSA) is 12.9 Å². The van der Waals surface area contributed by atoms with Crippen LogP contribution in [-0.4, -0.2) is 4.98 Å². The van der Waals surface area contributed by atoms with E-state index >= 15 is 0 Å². The number of thiazole rings is 1. The van der Waals surface area contributed by atoms with Gasteiger partial charge in [-0.25, -0.2) is 4.98 Å². The van der Waals surface area contributed by atoms with Crippen LogP contribution in [0, 0.1) is 12.8 Å². The molecule has 0 aliphatic heterocycles. The molecule has 1 nitrogen and oxygen atoms in total. The van der Waals surface area contributed by atoms with Gasteiger partial charge >= 0.3 is 6.18 Å². The summed E-state index contributed by atoms with van der Waals surface area (Å²) in [7, 11) is 0. The van der Waals surface area contributed by atoms with Gasteiger partial charge in [-0.15, -0.1) is 11.3 Å². The molecule has 0 atom stereocenters. The molecule has 1 aromatic heterocycles. The molecule has 0 amide bonds. The molecule has 0 radical (unpaired) electrons. The Morgan fingerprint density at radius 1 is 1.29 bits per heavy atom. The third kappa shape index (κ3) is 3.77. The van der Waals surface area contributed by atoms with Crippen LogP contribution in [0.25, 0.3) is 11.3 Å². The van der Waals surface area contributed by atoms with Crippen molar-refractivity contribution in [3.63, 3.8) is 0 Å². The Hall–Kier alpha value is -1.07. The van der Waals surface area contributed by atoms with Gasteiger partial charge in [0.15, 0.2) is 0 Å². The van der Waals surface area contributed by atoms with Gasteiger partial charge in [0, 0.05) is 10.4 Å². The number of hydrogen-bond donors (Lipinski definition) is 0. The third-order valence-corrected chi connectivity index (χ3v) is 4.27. The Morgan fingerprint density at radius 2 is 1.95 bits per heavy atom. The van der Waals surface area contributed by atoms with Gasteiger partial charge in [0.05, 0.1) is 21.3 Å². The quantitative estimate of drug-likeness (QED) is 0.672. The Bertz CT molecular complexity index is 647. The minimum Gasteiger partial charge on any atom is -0.241 e. The first-order valence-electron chi connectivity index (χ1n) is 6.52. The van der Waals surface area contributed by atoms with E-state index in [1.165, 1.54) is 17.4 Å². The molecule has 2 rings (SSSR count). The Morgan fingerprint density at radius 3 is 2.52 bits per heavy atom. The van der Waals surface area contributed by atoms with Crippen LogP contribution in [0.15, 0.2) is 18.2 Å². The van der Waals surface area contributed by atoms with E-state index in [-0.39, 0.29) is 5.02 Å². The highest BCUT2D eigenvalue weighted by Crippen LogP contribution is 2.38. The Labute approximate surface area is 130 Å². The number of hydrogen-bond acceptors (Lipinski definition) is 2. The lowest BCUT2D eigenvalue weighted by molar-refractivity contribution is -0.137. The molecule has 0 unspecified atom stereocenters. The summed E-state index contributed by atoms with van der Waals surface area (Å²) in [5.74, 6) is 0.415. The zero-order valence-electron chi connectivity index (χ0n) is 11.9. The highest BCUT2D eigenvalue weighted by molar-refractivity contribution is 7.12. The molecule has 0 fully saturated rings. The van der Waals surface area contributed by atoms with Crippen molar-refractivity contribution < 1.29 is 13.2 Å². The van der Waals surface area contributed by atoms with Gasteiger partial charge in [-0.05, 0) is 31.4 Å². The fraction of sp³-hybridized carbons (Fsp3) is 0.400. The molecule has 114 valence electrons. The summed E-state index contributed by atoms with van der Waals surface area (Å²) >= 11 is 7.19. The van der Waals surface area contributed by atoms with E-state index in [2.05, 4.69) is 18.8 Å². The molecular weight excluding hydrogens is 319 g/mol. The fourth-order valence-electron chi connectivity index (χ4n) is 2.09. The molecule has 0 saturated carbocycles. The summed E-state index contributed by atoms with van der Waals surface area (Å²) in [5.41, 5.74) is 0.280. The van der Waals surface area contributed by atoms with E-state index in [1.807, 2.05) is 6.92 Å². The molecule has 0 aliphatic carbocycles. The second-order valence-electron chi connectivity index (χ2n) is 5.30. The van der Waals surface area contributed by atoms with Gasteiger partial charge < -0.3 is 0 Å². The summed E-state index contributed by atoms with van der Waals surface area (Å²) in [4.78, 5) is 5.41. The van der Waals surface area contributed by atoms with E-state index < -0.39 is 11.7 Å². The maximum absolute atomic E-state index is 13.0. The Kier molecular flexibility index (Phi) is 4.63. The first-order chi connectivity index (χ1) is 9.68. The largest absolute Gasteiger partial charge is 0.417 e. The molecule has 6 heteroatoms. The zero-order valence-corrected chi connectivity index (χ0v) is 13.5. The molecule has 0 aliphatic rings. The molecule has 0 saturated heterocycles. The van der Waals surface area contributed by atoms with Gasteiger partial charge in [0.2, 0.25) is 0 Å².